The Hall–Kier alpha value is -0.410. The van der Waals surface area contributed by atoms with Crippen LogP contribution >= 0.6 is 0 Å². The molecular weight excluding hydrogens is 262 g/mol. The fourth-order valence-electron chi connectivity index (χ4n) is 2.48. The van der Waals surface area contributed by atoms with Crippen molar-refractivity contribution in [1.29, 1.82) is 0 Å². The first-order chi connectivity index (χ1) is 10.3. The zero-order valence-corrected chi connectivity index (χ0v) is 14.2. The smallest absolute Gasteiger partial charge is 0.119 e. The minimum absolute atomic E-state index is 0.143. The second-order valence-corrected chi connectivity index (χ2v) is 6.04. The van der Waals surface area contributed by atoms with Gasteiger partial charge in [0.15, 0.2) is 0 Å². The van der Waals surface area contributed by atoms with E-state index in [1.165, 1.54) is 57.8 Å². The Labute approximate surface area is 132 Å². The van der Waals surface area contributed by atoms with Crippen molar-refractivity contribution in [3.05, 3.63) is 0 Å². The van der Waals surface area contributed by atoms with Crippen molar-refractivity contribution < 1.29 is 9.53 Å². The average molecular weight is 299 g/mol. The fourth-order valence-corrected chi connectivity index (χ4v) is 2.48. The molecule has 0 aliphatic rings. The minimum Gasteiger partial charge on any atom is -0.364 e. The summed E-state index contributed by atoms with van der Waals surface area (Å²) < 4.78 is 5.58. The van der Waals surface area contributed by atoms with Gasteiger partial charge in [0, 0.05) is 13.0 Å². The molecule has 0 aliphatic heterocycles. The summed E-state index contributed by atoms with van der Waals surface area (Å²) in [5.41, 5.74) is 5.87. The Morgan fingerprint density at radius 2 is 1.43 bits per heavy atom. The summed E-state index contributed by atoms with van der Waals surface area (Å²) in [4.78, 5) is 10.2. The van der Waals surface area contributed by atoms with Crippen LogP contribution in [-0.4, -0.2) is 19.1 Å². The summed E-state index contributed by atoms with van der Waals surface area (Å²) in [7, 11) is 0. The molecule has 0 bridgehead atoms. The number of nitrogens with two attached hydrogens (primary N) is 1. The summed E-state index contributed by atoms with van der Waals surface area (Å²) in [6.45, 7) is 3.05. The first-order valence-corrected chi connectivity index (χ1v) is 9.12. The molecule has 0 rings (SSSR count). The Kier molecular flexibility index (Phi) is 17.3. The van der Waals surface area contributed by atoms with Crippen LogP contribution in [0.2, 0.25) is 0 Å². The predicted octanol–water partition coefficient (Wildman–Crippen LogP) is 4.97. The van der Waals surface area contributed by atoms with Crippen molar-refractivity contribution in [1.82, 2.24) is 0 Å². The largest absolute Gasteiger partial charge is 0.364 e. The number of carbonyl (C=O) groups excluding carboxylic acids is 1. The van der Waals surface area contributed by atoms with Crippen LogP contribution in [0.25, 0.3) is 0 Å². The van der Waals surface area contributed by atoms with Gasteiger partial charge in [-0.25, -0.2) is 0 Å². The van der Waals surface area contributed by atoms with Crippen molar-refractivity contribution in [3.8, 4) is 0 Å². The molecule has 0 aromatic heterocycles. The lowest BCUT2D eigenvalue weighted by molar-refractivity contribution is -0.108. The van der Waals surface area contributed by atoms with Gasteiger partial charge in [0.2, 0.25) is 0 Å². The van der Waals surface area contributed by atoms with E-state index in [0.29, 0.717) is 6.42 Å². The molecule has 0 saturated carbocycles. The molecule has 0 heterocycles. The van der Waals surface area contributed by atoms with Gasteiger partial charge in [-0.3, -0.25) is 0 Å². The van der Waals surface area contributed by atoms with Crippen LogP contribution in [0.15, 0.2) is 0 Å². The lowest BCUT2D eigenvalue weighted by Gasteiger charge is -2.12. The fraction of sp³-hybridized carbons (Fsp3) is 0.944. The van der Waals surface area contributed by atoms with E-state index < -0.39 is 0 Å². The van der Waals surface area contributed by atoms with E-state index >= 15 is 0 Å². The van der Waals surface area contributed by atoms with Gasteiger partial charge in [-0.15, -0.1) is 0 Å². The quantitative estimate of drug-likeness (QED) is 0.234. The number of ether oxygens (including phenoxy) is 1. The summed E-state index contributed by atoms with van der Waals surface area (Å²) in [6.07, 6.45) is 17.7. The molecule has 1 unspecified atom stereocenters. The Morgan fingerprint density at radius 3 is 2.00 bits per heavy atom. The van der Waals surface area contributed by atoms with Crippen molar-refractivity contribution in [2.45, 2.75) is 103 Å². The molecule has 1 atom stereocenters. The molecule has 3 heteroatoms. The Bertz CT molecular complexity index is 209. The number of unbranched alkanes of at least 4 members (excludes halogenated alkanes) is 11. The first-order valence-electron chi connectivity index (χ1n) is 9.12. The second kappa shape index (κ2) is 17.6. The van der Waals surface area contributed by atoms with Crippen LogP contribution in [0.1, 0.15) is 96.8 Å². The highest BCUT2D eigenvalue weighted by Crippen LogP contribution is 2.11. The summed E-state index contributed by atoms with van der Waals surface area (Å²) in [5.74, 6) is 0. The topological polar surface area (TPSA) is 52.3 Å². The summed E-state index contributed by atoms with van der Waals surface area (Å²) in [5, 5.41) is 0. The van der Waals surface area contributed by atoms with E-state index in [2.05, 4.69) is 6.92 Å². The van der Waals surface area contributed by atoms with Crippen LogP contribution in [0, 0.1) is 0 Å². The van der Waals surface area contributed by atoms with Gasteiger partial charge in [-0.05, 0) is 25.7 Å². The third-order valence-corrected chi connectivity index (χ3v) is 3.89. The van der Waals surface area contributed by atoms with E-state index in [4.69, 9.17) is 10.5 Å². The molecule has 3 nitrogen and oxygen atoms in total. The van der Waals surface area contributed by atoms with Crippen molar-refractivity contribution in [3.63, 3.8) is 0 Å². The lowest BCUT2D eigenvalue weighted by atomic mass is 10.1. The number of aldehydes is 1. The highest BCUT2D eigenvalue weighted by atomic mass is 16.5. The monoisotopic (exact) mass is 299 g/mol. The molecule has 126 valence electrons. The van der Waals surface area contributed by atoms with Crippen molar-refractivity contribution in [2.24, 2.45) is 5.73 Å². The van der Waals surface area contributed by atoms with Crippen molar-refractivity contribution in [2.75, 3.05) is 6.61 Å². The highest BCUT2D eigenvalue weighted by Gasteiger charge is 2.01. The van der Waals surface area contributed by atoms with E-state index in [1.54, 1.807) is 0 Å². The van der Waals surface area contributed by atoms with Crippen molar-refractivity contribution >= 4 is 6.29 Å². The lowest BCUT2D eigenvalue weighted by Crippen LogP contribution is -2.24. The normalized spacial score (nSPS) is 12.5. The predicted molar refractivity (Wildman–Crippen MR) is 90.3 cm³/mol. The van der Waals surface area contributed by atoms with Gasteiger partial charge in [0.1, 0.15) is 12.5 Å². The molecule has 0 aromatic carbocycles. The number of hydrogen-bond acceptors (Lipinski definition) is 3. The van der Waals surface area contributed by atoms with E-state index in [0.717, 1.165) is 38.6 Å². The first kappa shape index (κ1) is 20.6. The van der Waals surface area contributed by atoms with Gasteiger partial charge in [-0.1, -0.05) is 64.7 Å². The second-order valence-electron chi connectivity index (χ2n) is 6.04. The maximum atomic E-state index is 10.2. The SMILES string of the molecule is CCCCCCCCCCCCOC(N)CCCCC=O. The molecule has 0 aromatic rings. The van der Waals surface area contributed by atoms with Gasteiger partial charge in [0.05, 0.1) is 0 Å². The van der Waals surface area contributed by atoms with Gasteiger partial charge in [0.25, 0.3) is 0 Å². The standard InChI is InChI=1S/C18H37NO2/c1-2-3-4-5-6-7-8-9-10-14-17-21-18(19)15-12-11-13-16-20/h16,18H,2-15,17,19H2,1H3. The van der Waals surface area contributed by atoms with Crippen LogP contribution in [0.3, 0.4) is 0 Å². The number of hydrogen-bond donors (Lipinski definition) is 1. The molecule has 2 N–H and O–H groups in total. The van der Waals surface area contributed by atoms with Gasteiger partial charge in [-0.2, -0.15) is 0 Å². The molecule has 0 saturated heterocycles. The van der Waals surface area contributed by atoms with Crippen LogP contribution in [0.5, 0.6) is 0 Å². The maximum absolute atomic E-state index is 10.2. The summed E-state index contributed by atoms with van der Waals surface area (Å²) in [6, 6.07) is 0. The Morgan fingerprint density at radius 1 is 0.857 bits per heavy atom. The zero-order valence-electron chi connectivity index (χ0n) is 14.2. The molecule has 21 heavy (non-hydrogen) atoms. The summed E-state index contributed by atoms with van der Waals surface area (Å²) >= 11 is 0. The van der Waals surface area contributed by atoms with Gasteiger partial charge >= 0.3 is 0 Å². The molecular formula is C18H37NO2. The third-order valence-electron chi connectivity index (χ3n) is 3.89. The zero-order chi connectivity index (χ0) is 15.6. The highest BCUT2D eigenvalue weighted by molar-refractivity contribution is 5.48. The van der Waals surface area contributed by atoms with E-state index in [9.17, 15) is 4.79 Å². The van der Waals surface area contributed by atoms with Crippen LogP contribution < -0.4 is 5.73 Å². The van der Waals surface area contributed by atoms with Gasteiger partial charge < -0.3 is 15.3 Å². The molecule has 0 amide bonds. The molecule has 0 aliphatic carbocycles. The van der Waals surface area contributed by atoms with Crippen LogP contribution in [-0.2, 0) is 9.53 Å². The van der Waals surface area contributed by atoms with E-state index in [-0.39, 0.29) is 6.23 Å². The third kappa shape index (κ3) is 17.5. The molecule has 0 radical (unpaired) electrons. The molecule has 0 fully saturated rings. The van der Waals surface area contributed by atoms with Crippen LogP contribution in [0.4, 0.5) is 0 Å². The molecule has 0 spiro atoms. The Balaban J connectivity index is 3.08. The number of carbonyl (C=O) groups is 1. The number of rotatable bonds is 17. The maximum Gasteiger partial charge on any atom is 0.119 e. The van der Waals surface area contributed by atoms with E-state index in [1.807, 2.05) is 0 Å². The average Bonchev–Trinajstić information content (AvgIpc) is 2.49. The minimum atomic E-state index is -0.143.